The Kier molecular flexibility index (Phi) is 12.1. The molecule has 0 aromatic rings. The van der Waals surface area contributed by atoms with E-state index in [1.165, 1.54) is 6.92 Å². The van der Waals surface area contributed by atoms with Crippen LogP contribution in [0.2, 0.25) is 0 Å². The highest BCUT2D eigenvalue weighted by atomic mass is 31.2. The lowest BCUT2D eigenvalue weighted by Gasteiger charge is -2.28. The summed E-state index contributed by atoms with van der Waals surface area (Å²) in [5.41, 5.74) is 0. The second kappa shape index (κ2) is 12.0. The second-order valence-corrected chi connectivity index (χ2v) is 8.77. The number of phosphoric ester groups is 3. The van der Waals surface area contributed by atoms with Gasteiger partial charge >= 0.3 is 7.82 Å². The zero-order valence-electron chi connectivity index (χ0n) is 14.2. The highest BCUT2D eigenvalue weighted by molar-refractivity contribution is 7.46. The lowest BCUT2D eigenvalue weighted by atomic mass is 10.3. The molecule has 4 atom stereocenters. The van der Waals surface area contributed by atoms with Gasteiger partial charge in [0.1, 0.15) is 0 Å². The van der Waals surface area contributed by atoms with Gasteiger partial charge in [-0.15, -0.1) is 0 Å². The van der Waals surface area contributed by atoms with E-state index >= 15 is 0 Å². The Bertz CT molecular complexity index is 530. The van der Waals surface area contributed by atoms with Gasteiger partial charge in [0.2, 0.25) is 0 Å². The van der Waals surface area contributed by atoms with Gasteiger partial charge in [-0.2, -0.15) is 0 Å². The maximum Gasteiger partial charge on any atom is 0.469 e. The van der Waals surface area contributed by atoms with Crippen molar-refractivity contribution in [3.8, 4) is 0 Å². The first kappa shape index (κ1) is 26.3. The second-order valence-electron chi connectivity index (χ2n) is 4.80. The van der Waals surface area contributed by atoms with E-state index in [-0.39, 0.29) is 12.8 Å². The van der Waals surface area contributed by atoms with Crippen LogP contribution in [0.3, 0.4) is 0 Å². The standard InChI is InChI=1S/C10H25O13P3/c1-3-9(7-11)23-26(17,18)20-6-5-19-25(15,16)21-8-10(4-2)22-24(12,13)14/h9-11H,3-8H2,1-2H3,(H,15,16)(H,17,18)(H2,12,13,14)/p-2. The quantitative estimate of drug-likeness (QED) is 0.218. The van der Waals surface area contributed by atoms with Gasteiger partial charge in [0.25, 0.3) is 15.6 Å². The van der Waals surface area contributed by atoms with E-state index in [0.29, 0.717) is 0 Å². The molecule has 0 radical (unpaired) electrons. The third-order valence-electron chi connectivity index (χ3n) is 2.68. The van der Waals surface area contributed by atoms with Crippen molar-refractivity contribution >= 4 is 23.5 Å². The first-order valence-electron chi connectivity index (χ1n) is 7.43. The van der Waals surface area contributed by atoms with E-state index in [9.17, 15) is 23.5 Å². The van der Waals surface area contributed by atoms with E-state index < -0.39 is 62.1 Å². The van der Waals surface area contributed by atoms with Gasteiger partial charge in [-0.05, 0) is 12.8 Å². The molecule has 0 spiro atoms. The SMILES string of the molecule is CCC(COP(=O)([O-])OCCOP(=O)([O-])OC(CC)CO)OP(=O)(O)O. The summed E-state index contributed by atoms with van der Waals surface area (Å²) in [7, 11) is -14.4. The lowest BCUT2D eigenvalue weighted by molar-refractivity contribution is -0.236. The van der Waals surface area contributed by atoms with Crippen LogP contribution in [0.4, 0.5) is 0 Å². The van der Waals surface area contributed by atoms with Gasteiger partial charge in [-0.1, -0.05) is 13.8 Å². The summed E-state index contributed by atoms with van der Waals surface area (Å²) < 4.78 is 55.5. The molecule has 0 saturated heterocycles. The molecule has 0 amide bonds. The molecular weight excluding hydrogens is 421 g/mol. The van der Waals surface area contributed by atoms with Crippen LogP contribution < -0.4 is 9.79 Å². The molecule has 0 aromatic carbocycles. The average Bonchev–Trinajstić information content (AvgIpc) is 2.52. The molecule has 0 aliphatic rings. The molecular formula is C10H23O13P3-2. The van der Waals surface area contributed by atoms with Crippen LogP contribution >= 0.6 is 23.5 Å². The van der Waals surface area contributed by atoms with Crippen LogP contribution in [-0.2, 0) is 36.3 Å². The molecule has 0 bridgehead atoms. The molecule has 0 heterocycles. The van der Waals surface area contributed by atoms with Crippen molar-refractivity contribution in [1.29, 1.82) is 0 Å². The summed E-state index contributed by atoms with van der Waals surface area (Å²) in [4.78, 5) is 40.2. The number of hydrogen-bond donors (Lipinski definition) is 3. The first-order chi connectivity index (χ1) is 11.8. The molecule has 0 rings (SSSR count). The minimum Gasteiger partial charge on any atom is -0.756 e. The fourth-order valence-corrected chi connectivity index (χ4v) is 3.64. The number of hydrogen-bond acceptors (Lipinski definition) is 11. The predicted octanol–water partition coefficient (Wildman–Crippen LogP) is -0.352. The Morgan fingerprint density at radius 2 is 1.35 bits per heavy atom. The number of aliphatic hydroxyl groups is 1. The van der Waals surface area contributed by atoms with Crippen LogP contribution in [-0.4, -0.2) is 53.5 Å². The zero-order chi connectivity index (χ0) is 20.4. The Hall–Kier alpha value is 0.290. The minimum atomic E-state index is -4.88. The topological polar surface area (TPSA) is 204 Å². The monoisotopic (exact) mass is 444 g/mol. The van der Waals surface area contributed by atoms with Crippen LogP contribution in [0.25, 0.3) is 0 Å². The molecule has 3 N–H and O–H groups in total. The summed E-state index contributed by atoms with van der Waals surface area (Å²) in [5, 5.41) is 8.84. The van der Waals surface area contributed by atoms with E-state index in [2.05, 4.69) is 22.6 Å². The summed E-state index contributed by atoms with van der Waals surface area (Å²) in [5.74, 6) is 0. The number of rotatable bonds is 15. The lowest BCUT2D eigenvalue weighted by Crippen LogP contribution is -2.22. The highest BCUT2D eigenvalue weighted by Gasteiger charge is 2.23. The molecule has 0 fully saturated rings. The molecule has 0 aliphatic carbocycles. The van der Waals surface area contributed by atoms with Gasteiger partial charge in [0.15, 0.2) is 0 Å². The third-order valence-corrected chi connectivity index (χ3v) is 5.27. The van der Waals surface area contributed by atoms with Gasteiger partial charge in [-0.25, -0.2) is 4.57 Å². The summed E-state index contributed by atoms with van der Waals surface area (Å²) in [6.07, 6.45) is -1.92. The van der Waals surface area contributed by atoms with Crippen LogP contribution in [0.1, 0.15) is 26.7 Å². The maximum absolute atomic E-state index is 11.5. The van der Waals surface area contributed by atoms with E-state index in [1.807, 2.05) is 0 Å². The number of phosphoric acid groups is 3. The van der Waals surface area contributed by atoms with Crippen molar-refractivity contribution in [3.63, 3.8) is 0 Å². The minimum absolute atomic E-state index is 0.0500. The van der Waals surface area contributed by atoms with Crippen molar-refractivity contribution in [3.05, 3.63) is 0 Å². The molecule has 16 heteroatoms. The van der Waals surface area contributed by atoms with Gasteiger partial charge in [0.05, 0.1) is 38.6 Å². The van der Waals surface area contributed by atoms with E-state index in [1.54, 1.807) is 6.92 Å². The van der Waals surface area contributed by atoms with Gasteiger partial charge in [0, 0.05) is 0 Å². The molecule has 158 valence electrons. The average molecular weight is 444 g/mol. The fourth-order valence-electron chi connectivity index (χ4n) is 1.38. The third kappa shape index (κ3) is 13.5. The highest BCUT2D eigenvalue weighted by Crippen LogP contribution is 2.43. The molecule has 13 nitrogen and oxygen atoms in total. The van der Waals surface area contributed by atoms with Crippen molar-refractivity contribution in [2.24, 2.45) is 0 Å². The van der Waals surface area contributed by atoms with Crippen molar-refractivity contribution in [1.82, 2.24) is 0 Å². The molecule has 26 heavy (non-hydrogen) atoms. The zero-order valence-corrected chi connectivity index (χ0v) is 16.8. The Labute approximate surface area is 150 Å². The maximum atomic E-state index is 11.5. The Morgan fingerprint density at radius 1 is 0.846 bits per heavy atom. The normalized spacial score (nSPS) is 19.5. The smallest absolute Gasteiger partial charge is 0.469 e. The Morgan fingerprint density at radius 3 is 1.77 bits per heavy atom. The van der Waals surface area contributed by atoms with E-state index in [0.717, 1.165) is 0 Å². The summed E-state index contributed by atoms with van der Waals surface area (Å²) in [6, 6.07) is 0. The molecule has 4 unspecified atom stereocenters. The number of aliphatic hydroxyl groups excluding tert-OH is 1. The first-order valence-corrected chi connectivity index (χ1v) is 11.9. The van der Waals surface area contributed by atoms with Crippen molar-refractivity contribution in [2.45, 2.75) is 38.9 Å². The summed E-state index contributed by atoms with van der Waals surface area (Å²) >= 11 is 0. The van der Waals surface area contributed by atoms with Crippen molar-refractivity contribution < 1.29 is 61.0 Å². The van der Waals surface area contributed by atoms with Gasteiger partial charge < -0.3 is 42.8 Å². The van der Waals surface area contributed by atoms with Crippen LogP contribution in [0.15, 0.2) is 0 Å². The fraction of sp³-hybridized carbons (Fsp3) is 1.00. The Balaban J connectivity index is 4.26. The largest absolute Gasteiger partial charge is 0.756 e. The van der Waals surface area contributed by atoms with Gasteiger partial charge in [-0.3, -0.25) is 13.7 Å². The molecule has 0 aromatic heterocycles. The van der Waals surface area contributed by atoms with Crippen LogP contribution in [0.5, 0.6) is 0 Å². The van der Waals surface area contributed by atoms with Crippen LogP contribution in [0, 0.1) is 0 Å². The molecule has 0 aliphatic heterocycles. The summed E-state index contributed by atoms with van der Waals surface area (Å²) in [6.45, 7) is 0.393. The predicted molar refractivity (Wildman–Crippen MR) is 82.5 cm³/mol. The van der Waals surface area contributed by atoms with Crippen molar-refractivity contribution in [2.75, 3.05) is 26.4 Å². The molecule has 0 saturated carbocycles. The van der Waals surface area contributed by atoms with E-state index in [4.69, 9.17) is 14.9 Å².